The van der Waals surface area contributed by atoms with Crippen LogP contribution in [0.15, 0.2) is 59.9 Å². The molecule has 0 spiro atoms. The number of nitrogens with one attached hydrogen (secondary N) is 1. The highest BCUT2D eigenvalue weighted by Crippen LogP contribution is 2.40. The number of anilines is 2. The standard InChI is InChI=1S/C25H28N4O3/c1-17(14-18-8-7-9-19(15-18)32-4)27-24(31)13-12-23(30)20(16-26)25-28(2)21-10-5-6-11-22(21)29(25)3/h5-11,15,17H,12-14H2,1-4H3,(H,27,31). The highest BCUT2D eigenvalue weighted by molar-refractivity contribution is 6.03. The number of methoxy groups -OCH3 is 1. The third-order valence-corrected chi connectivity index (χ3v) is 5.52. The minimum atomic E-state index is -0.343. The van der Waals surface area contributed by atoms with Crippen LogP contribution in [0.2, 0.25) is 0 Å². The third kappa shape index (κ3) is 4.92. The molecular weight excluding hydrogens is 404 g/mol. The van der Waals surface area contributed by atoms with Crippen molar-refractivity contribution in [2.45, 2.75) is 32.2 Å². The number of hydrogen-bond acceptors (Lipinski definition) is 6. The molecule has 0 aliphatic carbocycles. The zero-order valence-electron chi connectivity index (χ0n) is 18.9. The SMILES string of the molecule is COc1cccc(CC(C)NC(=O)CCC(=O)C(C#N)=C2N(C)c3ccccc3N2C)c1. The van der Waals surface area contributed by atoms with Gasteiger partial charge in [-0.15, -0.1) is 0 Å². The Balaban J connectivity index is 1.60. The highest BCUT2D eigenvalue weighted by Gasteiger charge is 2.31. The second-order valence-electron chi connectivity index (χ2n) is 7.86. The number of carbonyl (C=O) groups excluding carboxylic acids is 2. The maximum Gasteiger partial charge on any atom is 0.220 e. The average molecular weight is 433 g/mol. The van der Waals surface area contributed by atoms with Crippen LogP contribution in [0, 0.1) is 11.3 Å². The average Bonchev–Trinajstić information content (AvgIpc) is 3.04. The van der Waals surface area contributed by atoms with E-state index in [9.17, 15) is 14.9 Å². The topological polar surface area (TPSA) is 85.7 Å². The lowest BCUT2D eigenvalue weighted by Gasteiger charge is -2.20. The van der Waals surface area contributed by atoms with Gasteiger partial charge in [0.1, 0.15) is 23.2 Å². The maximum atomic E-state index is 12.8. The first kappa shape index (κ1) is 22.9. The van der Waals surface area contributed by atoms with Crippen molar-refractivity contribution in [3.05, 3.63) is 65.5 Å². The number of carbonyl (C=O) groups is 2. The Kier molecular flexibility index (Phi) is 7.16. The number of allylic oxidation sites excluding steroid dienone is 1. The van der Waals surface area contributed by atoms with E-state index in [0.717, 1.165) is 22.7 Å². The van der Waals surface area contributed by atoms with Gasteiger partial charge in [-0.1, -0.05) is 24.3 Å². The van der Waals surface area contributed by atoms with Gasteiger partial charge in [-0.05, 0) is 43.2 Å². The van der Waals surface area contributed by atoms with Gasteiger partial charge in [0.15, 0.2) is 5.78 Å². The molecule has 1 unspecified atom stereocenters. The van der Waals surface area contributed by atoms with Gasteiger partial charge in [0, 0.05) is 33.0 Å². The van der Waals surface area contributed by atoms with E-state index in [1.165, 1.54) is 0 Å². The van der Waals surface area contributed by atoms with Crippen molar-refractivity contribution in [3.8, 4) is 11.8 Å². The van der Waals surface area contributed by atoms with Crippen LogP contribution in [-0.4, -0.2) is 38.9 Å². The summed E-state index contributed by atoms with van der Waals surface area (Å²) in [4.78, 5) is 28.9. The van der Waals surface area contributed by atoms with Crippen molar-refractivity contribution in [1.29, 1.82) is 5.26 Å². The number of ketones is 1. The molecule has 0 saturated carbocycles. The molecule has 7 heteroatoms. The van der Waals surface area contributed by atoms with Crippen LogP contribution >= 0.6 is 0 Å². The summed E-state index contributed by atoms with van der Waals surface area (Å²) in [5, 5.41) is 12.6. The summed E-state index contributed by atoms with van der Waals surface area (Å²) in [5.41, 5.74) is 2.96. The van der Waals surface area contributed by atoms with Gasteiger partial charge in [0.05, 0.1) is 18.5 Å². The number of para-hydroxylation sites is 2. The van der Waals surface area contributed by atoms with E-state index in [0.29, 0.717) is 12.2 Å². The molecule has 7 nitrogen and oxygen atoms in total. The molecule has 2 aromatic carbocycles. The van der Waals surface area contributed by atoms with Crippen LogP contribution < -0.4 is 19.9 Å². The van der Waals surface area contributed by atoms with Crippen LogP contribution in [0.3, 0.4) is 0 Å². The summed E-state index contributed by atoms with van der Waals surface area (Å²) >= 11 is 0. The molecule has 0 saturated heterocycles. The maximum absolute atomic E-state index is 12.8. The molecule has 1 amide bonds. The Morgan fingerprint density at radius 1 is 1.06 bits per heavy atom. The molecule has 1 aliphatic heterocycles. The van der Waals surface area contributed by atoms with Crippen molar-refractivity contribution < 1.29 is 14.3 Å². The van der Waals surface area contributed by atoms with Gasteiger partial charge in [0.2, 0.25) is 5.91 Å². The van der Waals surface area contributed by atoms with E-state index >= 15 is 0 Å². The summed E-state index contributed by atoms with van der Waals surface area (Å²) in [6, 6.07) is 17.4. The predicted octanol–water partition coefficient (Wildman–Crippen LogP) is 3.41. The molecule has 1 aliphatic rings. The fraction of sp³-hybridized carbons (Fsp3) is 0.320. The lowest BCUT2D eigenvalue weighted by molar-refractivity contribution is -0.124. The second-order valence-corrected chi connectivity index (χ2v) is 7.86. The largest absolute Gasteiger partial charge is 0.497 e. The number of nitrogens with zero attached hydrogens (tertiary/aromatic N) is 3. The summed E-state index contributed by atoms with van der Waals surface area (Å²) < 4.78 is 5.23. The van der Waals surface area contributed by atoms with Gasteiger partial charge in [-0.2, -0.15) is 5.26 Å². The van der Waals surface area contributed by atoms with Gasteiger partial charge in [0.25, 0.3) is 0 Å². The number of rotatable bonds is 8. The van der Waals surface area contributed by atoms with Gasteiger partial charge >= 0.3 is 0 Å². The molecule has 2 aromatic rings. The third-order valence-electron chi connectivity index (χ3n) is 5.52. The van der Waals surface area contributed by atoms with Crippen LogP contribution in [0.25, 0.3) is 0 Å². The van der Waals surface area contributed by atoms with Gasteiger partial charge in [-0.3, -0.25) is 9.59 Å². The molecule has 0 aromatic heterocycles. The van der Waals surface area contributed by atoms with Gasteiger partial charge < -0.3 is 19.9 Å². The van der Waals surface area contributed by atoms with Crippen molar-refractivity contribution in [1.82, 2.24) is 5.32 Å². The predicted molar refractivity (Wildman–Crippen MR) is 124 cm³/mol. The molecule has 0 radical (unpaired) electrons. The molecule has 166 valence electrons. The van der Waals surface area contributed by atoms with E-state index in [1.807, 2.05) is 79.3 Å². The number of nitriles is 1. The van der Waals surface area contributed by atoms with E-state index in [-0.39, 0.29) is 36.1 Å². The molecule has 1 N–H and O–H groups in total. The number of amides is 1. The lowest BCUT2D eigenvalue weighted by atomic mass is 10.1. The number of ether oxygens (including phenoxy) is 1. The first-order valence-electron chi connectivity index (χ1n) is 10.5. The summed E-state index contributed by atoms with van der Waals surface area (Å²) in [5.74, 6) is 0.746. The smallest absolute Gasteiger partial charge is 0.220 e. The Morgan fingerprint density at radius 2 is 1.72 bits per heavy atom. The molecule has 3 rings (SSSR count). The van der Waals surface area contributed by atoms with E-state index in [4.69, 9.17) is 4.74 Å². The molecule has 0 bridgehead atoms. The van der Waals surface area contributed by atoms with Crippen molar-refractivity contribution >= 4 is 23.1 Å². The quantitative estimate of drug-likeness (QED) is 0.508. The Morgan fingerprint density at radius 3 is 2.31 bits per heavy atom. The number of Topliss-reactive ketones (excluding diaryl/α,β-unsaturated/α-hetero) is 1. The Labute approximate surface area is 188 Å². The minimum Gasteiger partial charge on any atom is -0.497 e. The van der Waals surface area contributed by atoms with E-state index < -0.39 is 0 Å². The van der Waals surface area contributed by atoms with Crippen molar-refractivity contribution in [2.24, 2.45) is 0 Å². The molecule has 1 heterocycles. The van der Waals surface area contributed by atoms with E-state index in [1.54, 1.807) is 7.11 Å². The monoisotopic (exact) mass is 432 g/mol. The fourth-order valence-corrected chi connectivity index (χ4v) is 3.96. The zero-order chi connectivity index (χ0) is 23.3. The van der Waals surface area contributed by atoms with E-state index in [2.05, 4.69) is 11.4 Å². The normalized spacial score (nSPS) is 13.3. The summed E-state index contributed by atoms with van der Waals surface area (Å²) in [6.45, 7) is 1.92. The first-order chi connectivity index (χ1) is 15.3. The van der Waals surface area contributed by atoms with Crippen LogP contribution in [0.1, 0.15) is 25.3 Å². The Hall–Kier alpha value is -3.79. The number of hydrogen-bond donors (Lipinski definition) is 1. The highest BCUT2D eigenvalue weighted by atomic mass is 16.5. The molecule has 0 fully saturated rings. The number of benzene rings is 2. The molecule has 32 heavy (non-hydrogen) atoms. The van der Waals surface area contributed by atoms with Crippen LogP contribution in [0.5, 0.6) is 5.75 Å². The number of fused-ring (bicyclic) bond motifs is 1. The summed E-state index contributed by atoms with van der Waals surface area (Å²) in [6.07, 6.45) is 0.653. The zero-order valence-corrected chi connectivity index (χ0v) is 18.9. The first-order valence-corrected chi connectivity index (χ1v) is 10.5. The second kappa shape index (κ2) is 10.0. The van der Waals surface area contributed by atoms with Crippen LogP contribution in [-0.2, 0) is 16.0 Å². The molecular formula is C25H28N4O3. The Bertz CT molecular complexity index is 1060. The lowest BCUT2D eigenvalue weighted by Crippen LogP contribution is -2.34. The van der Waals surface area contributed by atoms with Crippen molar-refractivity contribution in [3.63, 3.8) is 0 Å². The minimum absolute atomic E-state index is 0.0257. The summed E-state index contributed by atoms with van der Waals surface area (Å²) in [7, 11) is 5.27. The van der Waals surface area contributed by atoms with Gasteiger partial charge in [-0.25, -0.2) is 0 Å². The molecule has 1 atom stereocenters. The fourth-order valence-electron chi connectivity index (χ4n) is 3.96. The van der Waals surface area contributed by atoms with Crippen molar-refractivity contribution in [2.75, 3.05) is 31.0 Å². The van der Waals surface area contributed by atoms with Crippen LogP contribution in [0.4, 0.5) is 11.4 Å².